The van der Waals surface area contributed by atoms with E-state index >= 15 is 0 Å². The minimum atomic E-state index is -3.74. The van der Waals surface area contributed by atoms with Crippen molar-refractivity contribution >= 4 is 28.3 Å². The van der Waals surface area contributed by atoms with E-state index in [2.05, 4.69) is 15.4 Å². The number of carbonyl (C=O) groups is 1. The molecule has 1 aliphatic carbocycles. The summed E-state index contributed by atoms with van der Waals surface area (Å²) in [6.07, 6.45) is 3.73. The summed E-state index contributed by atoms with van der Waals surface area (Å²) in [6.45, 7) is 3.95. The highest BCUT2D eigenvalue weighted by molar-refractivity contribution is 7.89. The lowest BCUT2D eigenvalue weighted by Gasteiger charge is -2.15. The van der Waals surface area contributed by atoms with Crippen molar-refractivity contribution in [2.45, 2.75) is 43.5 Å². The molecule has 0 atom stereocenters. The minimum Gasteiger partial charge on any atom is -0.495 e. The number of sulfonamides is 1. The Labute approximate surface area is 161 Å². The molecule has 1 fully saturated rings. The molecular weight excluding hydrogens is 378 g/mol. The van der Waals surface area contributed by atoms with Gasteiger partial charge in [0.15, 0.2) is 0 Å². The third-order valence-electron chi connectivity index (χ3n) is 4.23. The lowest BCUT2D eigenvalue weighted by molar-refractivity contribution is 0.0953. The average molecular weight is 406 g/mol. The molecule has 9 heteroatoms. The van der Waals surface area contributed by atoms with Gasteiger partial charge in [0.05, 0.1) is 7.11 Å². The van der Waals surface area contributed by atoms with Crippen molar-refractivity contribution in [3.05, 3.63) is 23.8 Å². The molecule has 1 aromatic rings. The molecule has 0 bridgehead atoms. The molecule has 148 valence electrons. The molecule has 1 aromatic carbocycles. The summed E-state index contributed by atoms with van der Waals surface area (Å²) in [5.41, 5.74) is 0.295. The van der Waals surface area contributed by atoms with Crippen LogP contribution in [0.4, 0.5) is 0 Å². The SMILES string of the molecule is CCNCCNC(=O)c1ccc(OC)c(S(=O)(=O)NC2CCCC2)c1.Cl. The van der Waals surface area contributed by atoms with Gasteiger partial charge in [-0.2, -0.15) is 0 Å². The summed E-state index contributed by atoms with van der Waals surface area (Å²) in [5, 5.41) is 5.87. The van der Waals surface area contributed by atoms with Crippen LogP contribution in [0.5, 0.6) is 5.75 Å². The number of methoxy groups -OCH3 is 1. The van der Waals surface area contributed by atoms with Gasteiger partial charge in [-0.05, 0) is 37.6 Å². The third-order valence-corrected chi connectivity index (χ3v) is 5.77. The van der Waals surface area contributed by atoms with Crippen molar-refractivity contribution in [1.29, 1.82) is 0 Å². The molecule has 0 radical (unpaired) electrons. The molecular formula is C17H28ClN3O4S. The van der Waals surface area contributed by atoms with Gasteiger partial charge in [-0.1, -0.05) is 19.8 Å². The molecule has 0 heterocycles. The summed E-state index contributed by atoms with van der Waals surface area (Å²) >= 11 is 0. The summed E-state index contributed by atoms with van der Waals surface area (Å²) in [4.78, 5) is 12.2. The normalized spacial score (nSPS) is 14.7. The van der Waals surface area contributed by atoms with Crippen molar-refractivity contribution in [2.75, 3.05) is 26.7 Å². The zero-order chi connectivity index (χ0) is 18.3. The fraction of sp³-hybridized carbons (Fsp3) is 0.588. The van der Waals surface area contributed by atoms with Crippen LogP contribution in [0.1, 0.15) is 43.0 Å². The Balaban J connectivity index is 0.00000338. The highest BCUT2D eigenvalue weighted by Crippen LogP contribution is 2.27. The van der Waals surface area contributed by atoms with Gasteiger partial charge in [-0.25, -0.2) is 13.1 Å². The van der Waals surface area contributed by atoms with Crippen LogP contribution in [-0.2, 0) is 10.0 Å². The number of hydrogen-bond donors (Lipinski definition) is 3. The van der Waals surface area contributed by atoms with Gasteiger partial charge in [0.25, 0.3) is 5.91 Å². The number of benzene rings is 1. The van der Waals surface area contributed by atoms with Crippen molar-refractivity contribution in [2.24, 2.45) is 0 Å². The number of amides is 1. The molecule has 0 aromatic heterocycles. The highest BCUT2D eigenvalue weighted by atomic mass is 35.5. The minimum absolute atomic E-state index is 0. The van der Waals surface area contributed by atoms with E-state index in [1.165, 1.54) is 19.2 Å². The fourth-order valence-electron chi connectivity index (χ4n) is 2.90. The Morgan fingerprint density at radius 1 is 1.23 bits per heavy atom. The molecule has 7 nitrogen and oxygen atoms in total. The topological polar surface area (TPSA) is 96.5 Å². The molecule has 0 saturated heterocycles. The largest absolute Gasteiger partial charge is 0.495 e. The second kappa shape index (κ2) is 10.7. The number of nitrogens with one attached hydrogen (secondary N) is 3. The van der Waals surface area contributed by atoms with E-state index < -0.39 is 10.0 Å². The molecule has 0 aliphatic heterocycles. The summed E-state index contributed by atoms with van der Waals surface area (Å²) < 4.78 is 33.3. The maximum absolute atomic E-state index is 12.7. The van der Waals surface area contributed by atoms with Gasteiger partial charge in [-0.3, -0.25) is 4.79 Å². The van der Waals surface area contributed by atoms with Crippen LogP contribution in [0.25, 0.3) is 0 Å². The lowest BCUT2D eigenvalue weighted by Crippen LogP contribution is -2.34. The molecule has 1 amide bonds. The van der Waals surface area contributed by atoms with E-state index in [9.17, 15) is 13.2 Å². The Bertz CT molecular complexity index is 691. The van der Waals surface area contributed by atoms with E-state index in [0.717, 1.165) is 32.2 Å². The molecule has 2 rings (SSSR count). The zero-order valence-corrected chi connectivity index (χ0v) is 16.8. The van der Waals surface area contributed by atoms with Crippen molar-refractivity contribution in [3.63, 3.8) is 0 Å². The van der Waals surface area contributed by atoms with E-state index in [0.29, 0.717) is 18.7 Å². The van der Waals surface area contributed by atoms with Crippen LogP contribution in [0, 0.1) is 0 Å². The first-order valence-corrected chi connectivity index (χ1v) is 10.2. The number of hydrogen-bond acceptors (Lipinski definition) is 5. The van der Waals surface area contributed by atoms with E-state index in [1.54, 1.807) is 6.07 Å². The maximum Gasteiger partial charge on any atom is 0.251 e. The second-order valence-corrected chi connectivity index (χ2v) is 7.76. The first kappa shape index (κ1) is 22.7. The summed E-state index contributed by atoms with van der Waals surface area (Å²) in [5.74, 6) is -0.0763. The van der Waals surface area contributed by atoms with E-state index in [4.69, 9.17) is 4.74 Å². The average Bonchev–Trinajstić information content (AvgIpc) is 3.10. The molecule has 1 aliphatic rings. The number of likely N-dealkylation sites (N-methyl/N-ethyl adjacent to an activating group) is 1. The molecule has 26 heavy (non-hydrogen) atoms. The van der Waals surface area contributed by atoms with Gasteiger partial charge in [0.1, 0.15) is 10.6 Å². The Kier molecular flexibility index (Phi) is 9.35. The third kappa shape index (κ3) is 6.12. The van der Waals surface area contributed by atoms with E-state index in [-0.39, 0.29) is 35.0 Å². The lowest BCUT2D eigenvalue weighted by atomic mass is 10.2. The number of halogens is 1. The number of rotatable bonds is 9. The zero-order valence-electron chi connectivity index (χ0n) is 15.2. The molecule has 0 spiro atoms. The van der Waals surface area contributed by atoms with Gasteiger partial charge in [0.2, 0.25) is 10.0 Å². The first-order chi connectivity index (χ1) is 12.0. The quantitative estimate of drug-likeness (QED) is 0.543. The maximum atomic E-state index is 12.7. The summed E-state index contributed by atoms with van der Waals surface area (Å²) in [6, 6.07) is 4.41. The van der Waals surface area contributed by atoms with Crippen molar-refractivity contribution in [1.82, 2.24) is 15.4 Å². The van der Waals surface area contributed by atoms with Crippen LogP contribution in [0.15, 0.2) is 23.1 Å². The van der Waals surface area contributed by atoms with Crippen LogP contribution in [0.3, 0.4) is 0 Å². The molecule has 3 N–H and O–H groups in total. The fourth-order valence-corrected chi connectivity index (χ4v) is 4.40. The van der Waals surface area contributed by atoms with Crippen LogP contribution in [0.2, 0.25) is 0 Å². The Morgan fingerprint density at radius 2 is 1.92 bits per heavy atom. The van der Waals surface area contributed by atoms with Crippen molar-refractivity contribution in [3.8, 4) is 5.75 Å². The van der Waals surface area contributed by atoms with Crippen molar-refractivity contribution < 1.29 is 17.9 Å². The monoisotopic (exact) mass is 405 g/mol. The predicted octanol–water partition coefficient (Wildman–Crippen LogP) is 1.68. The highest BCUT2D eigenvalue weighted by Gasteiger charge is 2.26. The number of carbonyl (C=O) groups excluding carboxylic acids is 1. The van der Waals surface area contributed by atoms with Gasteiger partial charge < -0.3 is 15.4 Å². The first-order valence-electron chi connectivity index (χ1n) is 8.67. The second-order valence-electron chi connectivity index (χ2n) is 6.08. The summed E-state index contributed by atoms with van der Waals surface area (Å²) in [7, 11) is -2.32. The van der Waals surface area contributed by atoms with Gasteiger partial charge in [-0.15, -0.1) is 12.4 Å². The molecule has 0 unspecified atom stereocenters. The van der Waals surface area contributed by atoms with Crippen LogP contribution >= 0.6 is 12.4 Å². The standard InChI is InChI=1S/C17H27N3O4S.ClH/c1-3-18-10-11-19-17(21)13-8-9-15(24-2)16(12-13)25(22,23)20-14-6-4-5-7-14;/h8-9,12,14,18,20H,3-7,10-11H2,1-2H3,(H,19,21);1H. The van der Waals surface area contributed by atoms with Crippen LogP contribution in [-0.4, -0.2) is 47.1 Å². The molecule has 1 saturated carbocycles. The van der Waals surface area contributed by atoms with Gasteiger partial charge >= 0.3 is 0 Å². The van der Waals surface area contributed by atoms with Gasteiger partial charge in [0, 0.05) is 24.7 Å². The Hall–Kier alpha value is -1.35. The Morgan fingerprint density at radius 3 is 2.54 bits per heavy atom. The smallest absolute Gasteiger partial charge is 0.251 e. The van der Waals surface area contributed by atoms with E-state index in [1.807, 2.05) is 6.92 Å². The van der Waals surface area contributed by atoms with Crippen LogP contribution < -0.4 is 20.1 Å². The predicted molar refractivity (Wildman–Crippen MR) is 104 cm³/mol. The number of ether oxygens (including phenoxy) is 1.